The van der Waals surface area contributed by atoms with Gasteiger partial charge in [0, 0.05) is 38.2 Å². The second-order valence-electron chi connectivity index (χ2n) is 15.9. The van der Waals surface area contributed by atoms with Crippen molar-refractivity contribution in [1.29, 1.82) is 0 Å². The molecule has 4 aromatic rings. The van der Waals surface area contributed by atoms with Crippen LogP contribution in [-0.4, -0.2) is 124 Å². The van der Waals surface area contributed by atoms with Gasteiger partial charge in [0.1, 0.15) is 47.7 Å². The first-order valence-electron chi connectivity index (χ1n) is 21.4. The lowest BCUT2D eigenvalue weighted by Crippen LogP contribution is -2.18. The molecule has 4 N–H and O–H groups in total. The average Bonchev–Trinajstić information content (AvgIpc) is 3.19. The minimum Gasteiger partial charge on any atom is -0.507 e. The summed E-state index contributed by atoms with van der Waals surface area (Å²) in [5.41, 5.74) is 2.22. The topological polar surface area (TPSA) is 189 Å². The molecule has 0 radical (unpaired) electrons. The smallest absolute Gasteiger partial charge is 0.167 e. The first-order chi connectivity index (χ1) is 29.6. The molecule has 6 rings (SSSR count). The first kappa shape index (κ1) is 45.8. The highest BCUT2D eigenvalue weighted by molar-refractivity contribution is 6.09. The third-order valence-corrected chi connectivity index (χ3v) is 10.8. The van der Waals surface area contributed by atoms with Crippen molar-refractivity contribution in [1.82, 2.24) is 0 Å². The number of unbranched alkanes of at least 4 members (excludes halogenated alkanes) is 2. The van der Waals surface area contributed by atoms with Crippen molar-refractivity contribution in [2.75, 3.05) is 92.5 Å². The van der Waals surface area contributed by atoms with E-state index in [2.05, 4.69) is 0 Å². The van der Waals surface area contributed by atoms with Gasteiger partial charge in [-0.1, -0.05) is 13.8 Å². The van der Waals surface area contributed by atoms with Crippen LogP contribution in [0.1, 0.15) is 77.8 Å². The van der Waals surface area contributed by atoms with Crippen LogP contribution in [0.15, 0.2) is 36.4 Å². The third-order valence-electron chi connectivity index (χ3n) is 10.8. The Balaban J connectivity index is 0.692. The highest BCUT2D eigenvalue weighted by Crippen LogP contribution is 2.44. The predicted octanol–water partition coefficient (Wildman–Crippen LogP) is 7.07. The Labute approximate surface area is 356 Å². The number of aromatic hydroxyl groups is 4. The zero-order valence-corrected chi connectivity index (χ0v) is 35.3. The number of carbonyl (C=O) groups is 2. The molecule has 61 heavy (non-hydrogen) atoms. The molecule has 0 fully saturated rings. The summed E-state index contributed by atoms with van der Waals surface area (Å²) in [4.78, 5) is 25.0. The van der Waals surface area contributed by atoms with E-state index in [-0.39, 0.29) is 70.4 Å². The van der Waals surface area contributed by atoms with E-state index >= 15 is 0 Å². The van der Waals surface area contributed by atoms with Crippen LogP contribution in [0.5, 0.6) is 34.5 Å². The highest BCUT2D eigenvalue weighted by Gasteiger charge is 2.29. The number of hydrogen-bond donors (Lipinski definition) is 4. The maximum absolute atomic E-state index is 12.5. The number of fused-ring (bicyclic) bond motifs is 4. The van der Waals surface area contributed by atoms with Gasteiger partial charge in [0.05, 0.1) is 88.0 Å². The van der Waals surface area contributed by atoms with Gasteiger partial charge in [-0.3, -0.25) is 9.59 Å². The zero-order valence-electron chi connectivity index (χ0n) is 35.3. The van der Waals surface area contributed by atoms with Crippen LogP contribution in [0, 0.1) is 11.8 Å². The number of phenolic OH excluding ortho intramolecular Hbond substituents is 4. The predicted molar refractivity (Wildman–Crippen MR) is 228 cm³/mol. The molecule has 0 aliphatic heterocycles. The van der Waals surface area contributed by atoms with Crippen LogP contribution in [0.2, 0.25) is 0 Å². The Morgan fingerprint density at radius 3 is 1.16 bits per heavy atom. The van der Waals surface area contributed by atoms with E-state index in [4.69, 9.17) is 37.9 Å². The van der Waals surface area contributed by atoms with E-state index in [1.807, 2.05) is 26.0 Å². The van der Waals surface area contributed by atoms with Crippen LogP contribution < -0.4 is 9.47 Å². The van der Waals surface area contributed by atoms with Gasteiger partial charge in [-0.15, -0.1) is 0 Å². The molecule has 0 saturated heterocycles. The molecule has 2 aliphatic carbocycles. The minimum atomic E-state index is -0.161. The molecule has 332 valence electrons. The summed E-state index contributed by atoms with van der Waals surface area (Å²) in [5, 5.41) is 44.5. The molecule has 2 atom stereocenters. The normalized spacial score (nSPS) is 16.3. The zero-order chi connectivity index (χ0) is 43.1. The van der Waals surface area contributed by atoms with E-state index in [1.165, 1.54) is 12.1 Å². The van der Waals surface area contributed by atoms with Crippen molar-refractivity contribution in [3.05, 3.63) is 58.7 Å². The van der Waals surface area contributed by atoms with Gasteiger partial charge in [-0.25, -0.2) is 0 Å². The number of benzene rings is 4. The van der Waals surface area contributed by atoms with Gasteiger partial charge >= 0.3 is 0 Å². The molecular formula is C47H60O14. The summed E-state index contributed by atoms with van der Waals surface area (Å²) in [5.74, 6) is 0.528. The van der Waals surface area contributed by atoms with Crippen molar-refractivity contribution < 1.29 is 67.9 Å². The fourth-order valence-electron chi connectivity index (χ4n) is 8.01. The second kappa shape index (κ2) is 22.9. The minimum absolute atomic E-state index is 0.0981. The SMILES string of the molecule is C[C@H]1CC(=O)c2c(cc3cc(OCCOCCOCCOCCCCCOCCOCCOCCOc4cc(O)c5c(O)c6c(cc5c4)C[C@@H](C)CC6=O)cc(O)c3c2O)C1. The highest BCUT2D eigenvalue weighted by atomic mass is 16.6. The van der Waals surface area contributed by atoms with Crippen molar-refractivity contribution >= 4 is 33.1 Å². The molecule has 0 unspecified atom stereocenters. The maximum atomic E-state index is 12.5. The summed E-state index contributed by atoms with van der Waals surface area (Å²) >= 11 is 0. The quantitative estimate of drug-likeness (QED) is 0.0470. The van der Waals surface area contributed by atoms with Gasteiger partial charge in [-0.2, -0.15) is 0 Å². The van der Waals surface area contributed by atoms with Gasteiger partial charge in [0.15, 0.2) is 11.6 Å². The summed E-state index contributed by atoms with van der Waals surface area (Å²) in [7, 11) is 0. The van der Waals surface area contributed by atoms with Gasteiger partial charge in [0.2, 0.25) is 0 Å². The van der Waals surface area contributed by atoms with E-state index in [1.54, 1.807) is 12.1 Å². The summed E-state index contributed by atoms with van der Waals surface area (Å²) in [6.07, 6.45) is 5.05. The maximum Gasteiger partial charge on any atom is 0.167 e. The molecule has 14 heteroatoms. The number of ether oxygens (including phenoxy) is 8. The van der Waals surface area contributed by atoms with E-state index in [0.29, 0.717) is 138 Å². The van der Waals surface area contributed by atoms with Crippen LogP contribution in [-0.2, 0) is 41.3 Å². The Bertz CT molecular complexity index is 1950. The Morgan fingerprint density at radius 2 is 0.787 bits per heavy atom. The Kier molecular flexibility index (Phi) is 17.2. The lowest BCUT2D eigenvalue weighted by molar-refractivity contribution is 0.00601. The van der Waals surface area contributed by atoms with Crippen molar-refractivity contribution in [2.45, 2.75) is 58.8 Å². The Morgan fingerprint density at radius 1 is 0.443 bits per heavy atom. The summed E-state index contributed by atoms with van der Waals surface area (Å²) < 4.78 is 45.2. The number of hydrogen-bond acceptors (Lipinski definition) is 14. The lowest BCUT2D eigenvalue weighted by atomic mass is 9.82. The van der Waals surface area contributed by atoms with Crippen molar-refractivity contribution in [3.63, 3.8) is 0 Å². The number of rotatable bonds is 26. The molecule has 0 amide bonds. The van der Waals surface area contributed by atoms with E-state index < -0.39 is 0 Å². The molecule has 4 aromatic carbocycles. The van der Waals surface area contributed by atoms with Gasteiger partial charge in [-0.05, 0) is 90.1 Å². The molecule has 2 aliphatic rings. The fraction of sp³-hybridized carbons (Fsp3) is 0.532. The monoisotopic (exact) mass is 848 g/mol. The first-order valence-corrected chi connectivity index (χ1v) is 21.4. The molecule has 14 nitrogen and oxygen atoms in total. The largest absolute Gasteiger partial charge is 0.507 e. The third kappa shape index (κ3) is 12.7. The molecule has 0 saturated carbocycles. The van der Waals surface area contributed by atoms with E-state index in [0.717, 1.165) is 30.4 Å². The number of phenols is 4. The Hall–Kier alpha value is -4.70. The number of Topliss-reactive ketones (excluding diaryl/α,β-unsaturated/α-hetero) is 2. The van der Waals surface area contributed by atoms with Crippen LogP contribution >= 0.6 is 0 Å². The molecule has 0 heterocycles. The molecular weight excluding hydrogens is 789 g/mol. The standard InChI is InChI=1S/C47H60O14/c1-30-20-32-24-34-26-36(28-40(50)44(34)46(52)42(32)38(48)22-30)60-18-16-58-14-12-56-10-8-54-6-4-3-5-7-55-9-11-57-13-15-59-17-19-61-37-27-35-25-33-21-31(2)23-39(49)43(33)47(53)45(35)41(51)29-37/h24-31,50-53H,3-23H2,1-2H3/t30-,31-/m1/s1. The second-order valence-corrected chi connectivity index (χ2v) is 15.9. The van der Waals surface area contributed by atoms with Crippen LogP contribution in [0.25, 0.3) is 21.5 Å². The fourth-order valence-corrected chi connectivity index (χ4v) is 8.01. The number of carbonyl (C=O) groups excluding carboxylic acids is 2. The van der Waals surface area contributed by atoms with Crippen LogP contribution in [0.4, 0.5) is 0 Å². The lowest BCUT2D eigenvalue weighted by Gasteiger charge is -2.22. The molecule has 0 bridgehead atoms. The van der Waals surface area contributed by atoms with Gasteiger partial charge < -0.3 is 58.3 Å². The van der Waals surface area contributed by atoms with E-state index in [9.17, 15) is 30.0 Å². The summed E-state index contributed by atoms with van der Waals surface area (Å²) in [6.45, 7) is 10.3. The summed E-state index contributed by atoms with van der Waals surface area (Å²) in [6, 6.07) is 10.1. The molecule has 0 aromatic heterocycles. The van der Waals surface area contributed by atoms with Crippen LogP contribution in [0.3, 0.4) is 0 Å². The van der Waals surface area contributed by atoms with Crippen molar-refractivity contribution in [3.8, 4) is 34.5 Å². The number of ketones is 2. The van der Waals surface area contributed by atoms with Gasteiger partial charge in [0.25, 0.3) is 0 Å². The average molecular weight is 849 g/mol. The van der Waals surface area contributed by atoms with Crippen molar-refractivity contribution in [2.24, 2.45) is 11.8 Å². The molecule has 0 spiro atoms.